The average Bonchev–Trinajstić information content (AvgIpc) is 2.27. The second-order valence-electron chi connectivity index (χ2n) is 3.20. The van der Waals surface area contributed by atoms with Crippen LogP contribution in [-0.2, 0) is 0 Å². The molecule has 18 heavy (non-hydrogen) atoms. The highest BCUT2D eigenvalue weighted by atomic mass is 32.2. The lowest BCUT2D eigenvalue weighted by Gasteiger charge is -2.08. The Morgan fingerprint density at radius 3 is 2.44 bits per heavy atom. The summed E-state index contributed by atoms with van der Waals surface area (Å²) >= 11 is -0.199. The summed E-state index contributed by atoms with van der Waals surface area (Å²) in [6.45, 7) is 3.75. The minimum atomic E-state index is -4.31. The Morgan fingerprint density at radius 2 is 1.94 bits per heavy atom. The maximum atomic E-state index is 12.1. The lowest BCUT2D eigenvalue weighted by atomic mass is 10.3. The van der Waals surface area contributed by atoms with E-state index < -0.39 is 11.5 Å². The topological polar surface area (TPSA) is 41.1 Å². The van der Waals surface area contributed by atoms with Crippen LogP contribution in [0.3, 0.4) is 0 Å². The zero-order valence-corrected chi connectivity index (χ0v) is 10.1. The first-order valence-electron chi connectivity index (χ1n) is 4.92. The van der Waals surface area contributed by atoms with E-state index in [0.717, 1.165) is 0 Å². The molecular weight excluding hydrogens is 265 g/mol. The smallest absolute Gasteiger partial charge is 0.334 e. The molecule has 0 saturated carbocycles. The quantitative estimate of drug-likeness (QED) is 0.651. The molecule has 0 aromatic heterocycles. The number of carbonyl (C=O) groups excluding carboxylic acids is 1. The third kappa shape index (κ3) is 5.62. The van der Waals surface area contributed by atoms with Crippen molar-refractivity contribution in [2.24, 2.45) is 0 Å². The van der Waals surface area contributed by atoms with Gasteiger partial charge in [0, 0.05) is 17.1 Å². The van der Waals surface area contributed by atoms with Gasteiger partial charge < -0.3 is 10.6 Å². The molecular formula is C11H11F3N2OS. The Labute approximate surface area is 106 Å². The third-order valence-electron chi connectivity index (χ3n) is 1.75. The van der Waals surface area contributed by atoms with Crippen molar-refractivity contribution in [1.82, 2.24) is 5.32 Å². The van der Waals surface area contributed by atoms with E-state index >= 15 is 0 Å². The molecule has 0 spiro atoms. The second kappa shape index (κ2) is 6.34. The maximum absolute atomic E-state index is 12.1. The molecule has 1 aromatic carbocycles. The molecule has 1 aromatic rings. The minimum Gasteiger partial charge on any atom is -0.334 e. The minimum absolute atomic E-state index is 0.0690. The van der Waals surface area contributed by atoms with E-state index in [1.165, 1.54) is 30.3 Å². The van der Waals surface area contributed by atoms with Gasteiger partial charge >= 0.3 is 11.5 Å². The molecule has 0 fully saturated rings. The Kier molecular flexibility index (Phi) is 5.08. The molecule has 0 aliphatic carbocycles. The number of anilines is 1. The number of carbonyl (C=O) groups is 1. The van der Waals surface area contributed by atoms with Gasteiger partial charge in [0.15, 0.2) is 0 Å². The van der Waals surface area contributed by atoms with Crippen molar-refractivity contribution >= 4 is 23.5 Å². The molecule has 0 atom stereocenters. The van der Waals surface area contributed by atoms with Crippen LogP contribution in [0, 0.1) is 0 Å². The number of benzene rings is 1. The summed E-state index contributed by atoms with van der Waals surface area (Å²) in [7, 11) is 0. The Balaban J connectivity index is 2.55. The van der Waals surface area contributed by atoms with Crippen LogP contribution in [0.25, 0.3) is 0 Å². The number of halogens is 3. The number of hydrogen-bond donors (Lipinski definition) is 2. The first-order chi connectivity index (χ1) is 8.40. The van der Waals surface area contributed by atoms with Crippen LogP contribution in [0.4, 0.5) is 23.7 Å². The fourth-order valence-electron chi connectivity index (χ4n) is 1.08. The van der Waals surface area contributed by atoms with Crippen LogP contribution in [-0.4, -0.2) is 18.1 Å². The number of rotatable bonds is 4. The van der Waals surface area contributed by atoms with Crippen LogP contribution in [0.2, 0.25) is 0 Å². The number of thioether (sulfide) groups is 1. The molecule has 0 saturated heterocycles. The van der Waals surface area contributed by atoms with Crippen molar-refractivity contribution < 1.29 is 18.0 Å². The average molecular weight is 276 g/mol. The largest absolute Gasteiger partial charge is 0.446 e. The van der Waals surface area contributed by atoms with Crippen LogP contribution in [0.15, 0.2) is 41.8 Å². The molecule has 0 aliphatic heterocycles. The van der Waals surface area contributed by atoms with Crippen LogP contribution >= 0.6 is 11.8 Å². The van der Waals surface area contributed by atoms with E-state index in [2.05, 4.69) is 17.2 Å². The predicted octanol–water partition coefficient (Wildman–Crippen LogP) is 3.61. The molecule has 3 nitrogen and oxygen atoms in total. The van der Waals surface area contributed by atoms with E-state index in [1.54, 1.807) is 0 Å². The van der Waals surface area contributed by atoms with Gasteiger partial charge in [-0.3, -0.25) is 0 Å². The van der Waals surface area contributed by atoms with Crippen LogP contribution in [0.5, 0.6) is 0 Å². The standard InChI is InChI=1S/C11H11F3N2OS/c1-2-7-15-10(17)16-8-3-5-9(6-4-8)18-11(12,13)14/h2-6H,1,7H2,(H2,15,16,17). The summed E-state index contributed by atoms with van der Waals surface area (Å²) in [5, 5.41) is 4.96. The summed E-state index contributed by atoms with van der Waals surface area (Å²) in [6.07, 6.45) is 1.52. The molecule has 0 aliphatic rings. The highest BCUT2D eigenvalue weighted by Crippen LogP contribution is 2.36. The number of amides is 2. The van der Waals surface area contributed by atoms with E-state index in [9.17, 15) is 18.0 Å². The number of alkyl halides is 3. The second-order valence-corrected chi connectivity index (χ2v) is 4.33. The molecule has 0 heterocycles. The molecule has 0 radical (unpaired) electrons. The first kappa shape index (κ1) is 14.4. The van der Waals surface area contributed by atoms with Crippen molar-refractivity contribution in [3.8, 4) is 0 Å². The fourth-order valence-corrected chi connectivity index (χ4v) is 1.62. The number of nitrogens with one attached hydrogen (secondary N) is 2. The van der Waals surface area contributed by atoms with Gasteiger partial charge in [0.1, 0.15) is 0 Å². The number of urea groups is 1. The van der Waals surface area contributed by atoms with E-state index in [0.29, 0.717) is 12.2 Å². The molecule has 1 rings (SSSR count). The van der Waals surface area contributed by atoms with Crippen molar-refractivity contribution in [2.45, 2.75) is 10.4 Å². The third-order valence-corrected chi connectivity index (χ3v) is 2.49. The molecule has 0 bridgehead atoms. The Morgan fingerprint density at radius 1 is 1.33 bits per heavy atom. The summed E-state index contributed by atoms with van der Waals surface area (Å²) in [6, 6.07) is 4.96. The lowest BCUT2D eigenvalue weighted by molar-refractivity contribution is -0.0328. The molecule has 2 N–H and O–H groups in total. The fraction of sp³-hybridized carbons (Fsp3) is 0.182. The van der Waals surface area contributed by atoms with Crippen molar-refractivity contribution in [1.29, 1.82) is 0 Å². The first-order valence-corrected chi connectivity index (χ1v) is 5.74. The summed E-state index contributed by atoms with van der Waals surface area (Å²) in [5.41, 5.74) is -3.89. The summed E-state index contributed by atoms with van der Waals surface area (Å²) in [5.74, 6) is 0. The van der Waals surface area contributed by atoms with Gasteiger partial charge in [0.25, 0.3) is 0 Å². The molecule has 0 unspecified atom stereocenters. The van der Waals surface area contributed by atoms with Gasteiger partial charge in [-0.25, -0.2) is 4.79 Å². The molecule has 2 amide bonds. The van der Waals surface area contributed by atoms with E-state index in [-0.39, 0.29) is 16.7 Å². The van der Waals surface area contributed by atoms with E-state index in [1.807, 2.05) is 0 Å². The monoisotopic (exact) mass is 276 g/mol. The van der Waals surface area contributed by atoms with Crippen molar-refractivity contribution in [2.75, 3.05) is 11.9 Å². The van der Waals surface area contributed by atoms with Crippen LogP contribution < -0.4 is 10.6 Å². The SMILES string of the molecule is C=CCNC(=O)Nc1ccc(SC(F)(F)F)cc1. The van der Waals surface area contributed by atoms with E-state index in [4.69, 9.17) is 0 Å². The van der Waals surface area contributed by atoms with Gasteiger partial charge in [0.05, 0.1) is 0 Å². The summed E-state index contributed by atoms with van der Waals surface area (Å²) in [4.78, 5) is 11.3. The van der Waals surface area contributed by atoms with Crippen molar-refractivity contribution in [3.05, 3.63) is 36.9 Å². The Bertz CT molecular complexity index is 417. The highest BCUT2D eigenvalue weighted by Gasteiger charge is 2.28. The van der Waals surface area contributed by atoms with Crippen LogP contribution in [0.1, 0.15) is 0 Å². The maximum Gasteiger partial charge on any atom is 0.446 e. The summed E-state index contributed by atoms with van der Waals surface area (Å²) < 4.78 is 36.2. The Hall–Kier alpha value is -1.63. The van der Waals surface area contributed by atoms with Gasteiger partial charge in [-0.2, -0.15) is 13.2 Å². The zero-order valence-electron chi connectivity index (χ0n) is 9.25. The predicted molar refractivity (Wildman–Crippen MR) is 65.6 cm³/mol. The van der Waals surface area contributed by atoms with Gasteiger partial charge in [0.2, 0.25) is 0 Å². The molecule has 7 heteroatoms. The lowest BCUT2D eigenvalue weighted by Crippen LogP contribution is -2.28. The zero-order chi connectivity index (χ0) is 13.6. The van der Waals surface area contributed by atoms with Crippen molar-refractivity contribution in [3.63, 3.8) is 0 Å². The van der Waals surface area contributed by atoms with Gasteiger partial charge in [-0.05, 0) is 36.0 Å². The van der Waals surface area contributed by atoms with Gasteiger partial charge in [-0.1, -0.05) is 6.08 Å². The van der Waals surface area contributed by atoms with Gasteiger partial charge in [-0.15, -0.1) is 6.58 Å². The number of hydrogen-bond acceptors (Lipinski definition) is 2. The highest BCUT2D eigenvalue weighted by molar-refractivity contribution is 8.00. The normalized spacial score (nSPS) is 10.8. The molecule has 98 valence electrons.